The van der Waals surface area contributed by atoms with E-state index in [1.54, 1.807) is 6.92 Å². The number of aryl methyl sites for hydroxylation is 1. The van der Waals surface area contributed by atoms with Crippen LogP contribution < -0.4 is 0 Å². The van der Waals surface area contributed by atoms with Crippen molar-refractivity contribution in [3.8, 4) is 11.3 Å². The van der Waals surface area contributed by atoms with Gasteiger partial charge in [-0.2, -0.15) is 0 Å². The number of fused-ring (bicyclic) bond motifs is 1. The summed E-state index contributed by atoms with van der Waals surface area (Å²) in [6, 6.07) is 5.65. The number of hydrogen-bond acceptors (Lipinski definition) is 5. The highest BCUT2D eigenvalue weighted by Crippen LogP contribution is 2.33. The van der Waals surface area contributed by atoms with Gasteiger partial charge in [-0.25, -0.2) is 14.8 Å². The Balaban J connectivity index is 2.26. The number of nitrogens with zero attached hydrogens (tertiary/aromatic N) is 3. The van der Waals surface area contributed by atoms with Crippen molar-refractivity contribution in [2.75, 3.05) is 12.9 Å². The second-order valence-corrected chi connectivity index (χ2v) is 6.36. The normalized spacial score (nSPS) is 11.0. The Labute approximate surface area is 149 Å². The first-order valence-electron chi connectivity index (χ1n) is 7.38. The highest BCUT2D eigenvalue weighted by atomic mass is 35.5. The van der Waals surface area contributed by atoms with Crippen molar-refractivity contribution in [3.05, 3.63) is 41.2 Å². The Bertz CT molecular complexity index is 924. The number of aromatic nitrogens is 3. The molecule has 24 heavy (non-hydrogen) atoms. The molecule has 0 aliphatic heterocycles. The van der Waals surface area contributed by atoms with Crippen molar-refractivity contribution in [1.82, 2.24) is 14.5 Å². The molecule has 3 aromatic rings. The van der Waals surface area contributed by atoms with Gasteiger partial charge in [-0.05, 0) is 25.3 Å². The summed E-state index contributed by atoms with van der Waals surface area (Å²) >= 11 is 7.52. The van der Waals surface area contributed by atoms with Gasteiger partial charge in [0.25, 0.3) is 0 Å². The van der Waals surface area contributed by atoms with Crippen molar-refractivity contribution in [2.24, 2.45) is 7.05 Å². The fraction of sp³-hybridized carbons (Fsp3) is 0.235. The van der Waals surface area contributed by atoms with Crippen LogP contribution in [0.1, 0.15) is 17.3 Å². The Morgan fingerprint density at radius 1 is 1.42 bits per heavy atom. The monoisotopic (exact) mass is 361 g/mol. The van der Waals surface area contributed by atoms with E-state index in [0.717, 1.165) is 16.5 Å². The molecule has 0 radical (unpaired) electrons. The number of esters is 1. The number of hydrogen-bond donors (Lipinski definition) is 0. The van der Waals surface area contributed by atoms with Crippen molar-refractivity contribution in [1.29, 1.82) is 0 Å². The topological polar surface area (TPSA) is 57.0 Å². The van der Waals surface area contributed by atoms with Crippen LogP contribution in [0.4, 0.5) is 0 Å². The lowest BCUT2D eigenvalue weighted by Crippen LogP contribution is -2.09. The van der Waals surface area contributed by atoms with Crippen LogP contribution in [0.2, 0.25) is 5.02 Å². The summed E-state index contributed by atoms with van der Waals surface area (Å²) in [5.74, 6) is -0.425. The van der Waals surface area contributed by atoms with Crippen LogP contribution in [0.5, 0.6) is 0 Å². The minimum atomic E-state index is -0.425. The number of carbonyl (C=O) groups is 1. The molecule has 0 aliphatic carbocycles. The van der Waals surface area contributed by atoms with Crippen molar-refractivity contribution in [2.45, 2.75) is 12.1 Å². The Morgan fingerprint density at radius 2 is 2.21 bits per heavy atom. The molecule has 0 aliphatic rings. The van der Waals surface area contributed by atoms with Crippen LogP contribution in [0, 0.1) is 0 Å². The number of rotatable bonds is 4. The van der Waals surface area contributed by atoms with E-state index >= 15 is 0 Å². The molecule has 7 heteroatoms. The minimum Gasteiger partial charge on any atom is -0.462 e. The zero-order valence-electron chi connectivity index (χ0n) is 13.5. The van der Waals surface area contributed by atoms with E-state index in [2.05, 4.69) is 9.97 Å². The lowest BCUT2D eigenvalue weighted by atomic mass is 10.1. The quantitative estimate of drug-likeness (QED) is 0.396. The molecule has 0 amide bonds. The molecule has 0 saturated carbocycles. The fourth-order valence-corrected chi connectivity index (χ4v) is 3.08. The molecule has 2 heterocycles. The van der Waals surface area contributed by atoms with Crippen LogP contribution in [0.3, 0.4) is 0 Å². The summed E-state index contributed by atoms with van der Waals surface area (Å²) < 4.78 is 7.11. The third-order valence-electron chi connectivity index (χ3n) is 3.65. The Kier molecular flexibility index (Phi) is 4.78. The molecule has 124 valence electrons. The van der Waals surface area contributed by atoms with Gasteiger partial charge < -0.3 is 9.30 Å². The van der Waals surface area contributed by atoms with Gasteiger partial charge in [-0.3, -0.25) is 0 Å². The number of thioether (sulfide) groups is 1. The molecule has 0 N–H and O–H groups in total. The lowest BCUT2D eigenvalue weighted by Gasteiger charge is -2.08. The lowest BCUT2D eigenvalue weighted by molar-refractivity contribution is 0.0526. The van der Waals surface area contributed by atoms with Gasteiger partial charge in [0, 0.05) is 40.9 Å². The maximum Gasteiger partial charge on any atom is 0.341 e. The van der Waals surface area contributed by atoms with Gasteiger partial charge in [-0.1, -0.05) is 29.4 Å². The van der Waals surface area contributed by atoms with E-state index in [1.165, 1.54) is 18.0 Å². The van der Waals surface area contributed by atoms with Gasteiger partial charge in [0.1, 0.15) is 5.56 Å². The second-order valence-electron chi connectivity index (χ2n) is 5.15. The number of ether oxygens (including phenoxy) is 1. The van der Waals surface area contributed by atoms with E-state index < -0.39 is 5.97 Å². The number of halogens is 1. The minimum absolute atomic E-state index is 0.299. The Hall–Kier alpha value is -2.05. The third-order valence-corrected chi connectivity index (χ3v) is 4.45. The molecule has 3 rings (SSSR count). The van der Waals surface area contributed by atoms with Crippen LogP contribution in [0.15, 0.2) is 35.7 Å². The fourth-order valence-electron chi connectivity index (χ4n) is 2.57. The Morgan fingerprint density at radius 3 is 2.92 bits per heavy atom. The van der Waals surface area contributed by atoms with Gasteiger partial charge in [0.15, 0.2) is 5.16 Å². The first-order valence-corrected chi connectivity index (χ1v) is 8.98. The number of benzene rings is 1. The molecule has 0 atom stereocenters. The highest BCUT2D eigenvalue weighted by Gasteiger charge is 2.20. The summed E-state index contributed by atoms with van der Waals surface area (Å²) in [7, 11) is 1.93. The van der Waals surface area contributed by atoms with Crippen molar-refractivity contribution >= 4 is 40.2 Å². The summed E-state index contributed by atoms with van der Waals surface area (Å²) in [6.45, 7) is 2.07. The van der Waals surface area contributed by atoms with Gasteiger partial charge in [0.2, 0.25) is 0 Å². The van der Waals surface area contributed by atoms with Gasteiger partial charge in [-0.15, -0.1) is 0 Å². The molecule has 5 nitrogen and oxygen atoms in total. The largest absolute Gasteiger partial charge is 0.462 e. The molecular weight excluding hydrogens is 346 g/mol. The van der Waals surface area contributed by atoms with E-state index in [1.807, 2.05) is 42.3 Å². The third kappa shape index (κ3) is 2.99. The standard InChI is InChI=1S/C17H16ClN3O2S/c1-4-23-16(22)12-8-19-17(24-3)20-15(12)13-9-21(2)14-7-10(18)5-6-11(13)14/h5-9H,4H2,1-3H3. The number of carbonyl (C=O) groups excluding carboxylic acids is 1. The molecule has 0 spiro atoms. The predicted molar refractivity (Wildman–Crippen MR) is 96.7 cm³/mol. The van der Waals surface area contributed by atoms with E-state index in [4.69, 9.17) is 16.3 Å². The van der Waals surface area contributed by atoms with Crippen LogP contribution in [-0.4, -0.2) is 33.4 Å². The summed E-state index contributed by atoms with van der Waals surface area (Å²) in [4.78, 5) is 21.1. The van der Waals surface area contributed by atoms with Crippen LogP contribution in [0.25, 0.3) is 22.2 Å². The first-order chi connectivity index (χ1) is 11.5. The van der Waals surface area contributed by atoms with Gasteiger partial charge in [0.05, 0.1) is 12.3 Å². The second kappa shape index (κ2) is 6.83. The average Bonchev–Trinajstić information content (AvgIpc) is 2.90. The maximum absolute atomic E-state index is 12.3. The molecule has 0 saturated heterocycles. The zero-order valence-corrected chi connectivity index (χ0v) is 15.1. The zero-order chi connectivity index (χ0) is 17.3. The molecular formula is C17H16ClN3O2S. The first kappa shape index (κ1) is 16.8. The smallest absolute Gasteiger partial charge is 0.341 e. The van der Waals surface area contributed by atoms with Crippen molar-refractivity contribution in [3.63, 3.8) is 0 Å². The van der Waals surface area contributed by atoms with Crippen LogP contribution in [-0.2, 0) is 11.8 Å². The summed E-state index contributed by atoms with van der Waals surface area (Å²) in [6.07, 6.45) is 5.36. The molecule has 1 aromatic carbocycles. The SMILES string of the molecule is CCOC(=O)c1cnc(SC)nc1-c1cn(C)c2cc(Cl)ccc12. The molecule has 0 fully saturated rings. The predicted octanol–water partition coefficient (Wildman–Crippen LogP) is 4.19. The van der Waals surface area contributed by atoms with Gasteiger partial charge >= 0.3 is 5.97 Å². The molecule has 2 aromatic heterocycles. The summed E-state index contributed by atoms with van der Waals surface area (Å²) in [5, 5.41) is 2.23. The highest BCUT2D eigenvalue weighted by molar-refractivity contribution is 7.98. The van der Waals surface area contributed by atoms with E-state index in [9.17, 15) is 4.79 Å². The van der Waals surface area contributed by atoms with Crippen LogP contribution >= 0.6 is 23.4 Å². The molecule has 0 bridgehead atoms. The maximum atomic E-state index is 12.3. The molecule has 0 unspecified atom stereocenters. The van der Waals surface area contributed by atoms with Crippen molar-refractivity contribution < 1.29 is 9.53 Å². The van der Waals surface area contributed by atoms with E-state index in [0.29, 0.717) is 28.0 Å². The summed E-state index contributed by atoms with van der Waals surface area (Å²) in [5.41, 5.74) is 2.75. The average molecular weight is 362 g/mol. The van der Waals surface area contributed by atoms with E-state index in [-0.39, 0.29) is 0 Å².